The highest BCUT2D eigenvalue weighted by Crippen LogP contribution is 2.39. The SMILES string of the molecule is CC1CCC(Nc2cc3c(cc2[N+](=O)[O-])OCC(=O)N3)C1. The van der Waals surface area contributed by atoms with Crippen molar-refractivity contribution in [2.45, 2.75) is 32.2 Å². The second-order valence-electron chi connectivity index (χ2n) is 5.72. The molecule has 21 heavy (non-hydrogen) atoms. The Hall–Kier alpha value is -2.31. The Bertz CT molecular complexity index is 602. The predicted molar refractivity (Wildman–Crippen MR) is 77.6 cm³/mol. The zero-order valence-electron chi connectivity index (χ0n) is 11.7. The first-order chi connectivity index (χ1) is 10.0. The summed E-state index contributed by atoms with van der Waals surface area (Å²) in [6.45, 7) is 2.06. The van der Waals surface area contributed by atoms with Crippen LogP contribution in [0.3, 0.4) is 0 Å². The second kappa shape index (κ2) is 5.23. The summed E-state index contributed by atoms with van der Waals surface area (Å²) >= 11 is 0. The van der Waals surface area contributed by atoms with Gasteiger partial charge < -0.3 is 15.4 Å². The first-order valence-corrected chi connectivity index (χ1v) is 7.04. The first kappa shape index (κ1) is 13.7. The van der Waals surface area contributed by atoms with Crippen LogP contribution < -0.4 is 15.4 Å². The van der Waals surface area contributed by atoms with Gasteiger partial charge in [-0.1, -0.05) is 6.92 Å². The Labute approximate surface area is 121 Å². The zero-order valence-corrected chi connectivity index (χ0v) is 11.7. The van der Waals surface area contributed by atoms with Crippen molar-refractivity contribution in [1.29, 1.82) is 0 Å². The van der Waals surface area contributed by atoms with Crippen LogP contribution in [0.25, 0.3) is 0 Å². The summed E-state index contributed by atoms with van der Waals surface area (Å²) in [6, 6.07) is 3.19. The lowest BCUT2D eigenvalue weighted by molar-refractivity contribution is -0.384. The smallest absolute Gasteiger partial charge is 0.296 e. The summed E-state index contributed by atoms with van der Waals surface area (Å²) in [5.41, 5.74) is 0.887. The number of hydrogen-bond acceptors (Lipinski definition) is 5. The number of anilines is 2. The molecule has 1 aromatic carbocycles. The second-order valence-corrected chi connectivity index (χ2v) is 5.72. The van der Waals surface area contributed by atoms with Gasteiger partial charge >= 0.3 is 0 Å². The van der Waals surface area contributed by atoms with E-state index < -0.39 is 4.92 Å². The van der Waals surface area contributed by atoms with E-state index in [0.717, 1.165) is 19.3 Å². The summed E-state index contributed by atoms with van der Waals surface area (Å²) < 4.78 is 5.22. The molecule has 2 unspecified atom stereocenters. The van der Waals surface area contributed by atoms with Crippen LogP contribution in [0, 0.1) is 16.0 Å². The van der Waals surface area contributed by atoms with Crippen LogP contribution in [0.15, 0.2) is 12.1 Å². The van der Waals surface area contributed by atoms with Gasteiger partial charge in [-0.2, -0.15) is 0 Å². The number of fused-ring (bicyclic) bond motifs is 1. The number of benzene rings is 1. The maximum atomic E-state index is 11.4. The number of nitro groups is 1. The number of carbonyl (C=O) groups excluding carboxylic acids is 1. The van der Waals surface area contributed by atoms with E-state index >= 15 is 0 Å². The summed E-state index contributed by atoms with van der Waals surface area (Å²) in [4.78, 5) is 22.2. The number of nitro benzene ring substituents is 1. The van der Waals surface area contributed by atoms with Crippen molar-refractivity contribution in [3.05, 3.63) is 22.2 Å². The third kappa shape index (κ3) is 2.76. The monoisotopic (exact) mass is 291 g/mol. The van der Waals surface area contributed by atoms with E-state index in [4.69, 9.17) is 4.74 Å². The number of nitrogens with one attached hydrogen (secondary N) is 2. The minimum absolute atomic E-state index is 0.0237. The number of amides is 1. The van der Waals surface area contributed by atoms with Crippen molar-refractivity contribution in [3.63, 3.8) is 0 Å². The number of ether oxygens (including phenoxy) is 1. The number of hydrogen-bond donors (Lipinski definition) is 2. The van der Waals surface area contributed by atoms with E-state index in [-0.39, 0.29) is 24.2 Å². The summed E-state index contributed by atoms with van der Waals surface area (Å²) in [5, 5.41) is 17.1. The molecule has 0 radical (unpaired) electrons. The number of nitrogens with zero attached hydrogens (tertiary/aromatic N) is 1. The molecule has 0 saturated heterocycles. The molecular weight excluding hydrogens is 274 g/mol. The van der Waals surface area contributed by atoms with Gasteiger partial charge in [-0.25, -0.2) is 0 Å². The number of carbonyl (C=O) groups is 1. The van der Waals surface area contributed by atoms with Crippen LogP contribution in [-0.4, -0.2) is 23.5 Å². The Morgan fingerprint density at radius 1 is 1.43 bits per heavy atom. The molecule has 1 aromatic rings. The Kier molecular flexibility index (Phi) is 3.40. The zero-order chi connectivity index (χ0) is 15.0. The lowest BCUT2D eigenvalue weighted by Crippen LogP contribution is -2.26. The maximum absolute atomic E-state index is 11.4. The highest BCUT2D eigenvalue weighted by atomic mass is 16.6. The van der Waals surface area contributed by atoms with Gasteiger partial charge in [0, 0.05) is 6.04 Å². The number of rotatable bonds is 3. The quantitative estimate of drug-likeness (QED) is 0.659. The van der Waals surface area contributed by atoms with E-state index in [9.17, 15) is 14.9 Å². The fourth-order valence-corrected chi connectivity index (χ4v) is 2.94. The average molecular weight is 291 g/mol. The van der Waals surface area contributed by atoms with E-state index in [1.807, 2.05) is 0 Å². The molecule has 2 N–H and O–H groups in total. The van der Waals surface area contributed by atoms with Crippen LogP contribution in [0.4, 0.5) is 17.1 Å². The van der Waals surface area contributed by atoms with Gasteiger partial charge in [0.05, 0.1) is 16.7 Å². The van der Waals surface area contributed by atoms with Crippen LogP contribution in [0.5, 0.6) is 5.75 Å². The minimum Gasteiger partial charge on any atom is -0.481 e. The minimum atomic E-state index is -0.430. The predicted octanol–water partition coefficient (Wildman–Crippen LogP) is 2.53. The topological polar surface area (TPSA) is 93.5 Å². The van der Waals surface area contributed by atoms with E-state index in [1.165, 1.54) is 6.07 Å². The van der Waals surface area contributed by atoms with Gasteiger partial charge in [0.2, 0.25) is 0 Å². The van der Waals surface area contributed by atoms with Gasteiger partial charge in [-0.15, -0.1) is 0 Å². The molecule has 2 atom stereocenters. The summed E-state index contributed by atoms with van der Waals surface area (Å²) in [6.07, 6.45) is 3.12. The third-order valence-corrected chi connectivity index (χ3v) is 3.98. The molecular formula is C14H17N3O4. The molecule has 3 rings (SSSR count). The largest absolute Gasteiger partial charge is 0.481 e. The van der Waals surface area contributed by atoms with Crippen LogP contribution in [0.2, 0.25) is 0 Å². The van der Waals surface area contributed by atoms with Crippen molar-refractivity contribution in [1.82, 2.24) is 0 Å². The standard InChI is InChI=1S/C14H17N3O4/c1-8-2-3-9(4-8)15-10-5-11-13(6-12(10)17(19)20)21-7-14(18)16-11/h5-6,8-9,15H,2-4,7H2,1H3,(H,16,18). The fraction of sp³-hybridized carbons (Fsp3) is 0.500. The fourth-order valence-electron chi connectivity index (χ4n) is 2.94. The van der Waals surface area contributed by atoms with Gasteiger partial charge in [-0.3, -0.25) is 14.9 Å². The van der Waals surface area contributed by atoms with E-state index in [2.05, 4.69) is 17.6 Å². The molecule has 1 aliphatic heterocycles. The van der Waals surface area contributed by atoms with Crippen molar-refractivity contribution >= 4 is 23.0 Å². The van der Waals surface area contributed by atoms with Gasteiger partial charge in [0.15, 0.2) is 12.4 Å². The molecule has 112 valence electrons. The van der Waals surface area contributed by atoms with E-state index in [1.54, 1.807) is 6.07 Å². The van der Waals surface area contributed by atoms with Crippen LogP contribution >= 0.6 is 0 Å². The molecule has 2 aliphatic rings. The molecule has 7 nitrogen and oxygen atoms in total. The third-order valence-electron chi connectivity index (χ3n) is 3.98. The van der Waals surface area contributed by atoms with Crippen molar-refractivity contribution in [2.24, 2.45) is 5.92 Å². The van der Waals surface area contributed by atoms with Crippen LogP contribution in [-0.2, 0) is 4.79 Å². The lowest BCUT2D eigenvalue weighted by Gasteiger charge is -2.20. The first-order valence-electron chi connectivity index (χ1n) is 7.04. The molecule has 1 heterocycles. The summed E-state index contributed by atoms with van der Waals surface area (Å²) in [7, 11) is 0. The molecule has 7 heteroatoms. The van der Waals surface area contributed by atoms with E-state index in [0.29, 0.717) is 23.0 Å². The van der Waals surface area contributed by atoms with Gasteiger partial charge in [0.1, 0.15) is 5.69 Å². The molecule has 0 spiro atoms. The molecule has 1 saturated carbocycles. The highest BCUT2D eigenvalue weighted by Gasteiger charge is 2.27. The van der Waals surface area contributed by atoms with Gasteiger partial charge in [-0.05, 0) is 31.2 Å². The van der Waals surface area contributed by atoms with Crippen molar-refractivity contribution in [2.75, 3.05) is 17.2 Å². The molecule has 1 amide bonds. The Morgan fingerprint density at radius 3 is 2.90 bits per heavy atom. The van der Waals surface area contributed by atoms with Crippen LogP contribution in [0.1, 0.15) is 26.2 Å². The highest BCUT2D eigenvalue weighted by molar-refractivity contribution is 5.96. The van der Waals surface area contributed by atoms with Crippen molar-refractivity contribution < 1.29 is 14.5 Å². The van der Waals surface area contributed by atoms with Gasteiger partial charge in [0.25, 0.3) is 11.6 Å². The average Bonchev–Trinajstić information content (AvgIpc) is 2.83. The van der Waals surface area contributed by atoms with Crippen molar-refractivity contribution in [3.8, 4) is 5.75 Å². The lowest BCUT2D eigenvalue weighted by atomic mass is 10.1. The molecule has 1 fully saturated rings. The Morgan fingerprint density at radius 2 is 2.24 bits per heavy atom. The maximum Gasteiger partial charge on any atom is 0.296 e. The summed E-state index contributed by atoms with van der Waals surface area (Å²) in [5.74, 6) is 0.714. The Balaban J connectivity index is 1.91. The molecule has 1 aliphatic carbocycles. The molecule has 0 bridgehead atoms. The normalized spacial score (nSPS) is 24.0. The molecule has 0 aromatic heterocycles.